The molecular weight excluding hydrogens is 320 g/mol. The number of hydrogen-bond donors (Lipinski definition) is 0. The first-order valence-electron chi connectivity index (χ1n) is 9.42. The molecule has 0 aliphatic carbocycles. The molecule has 0 spiro atoms. The third-order valence-electron chi connectivity index (χ3n) is 5.36. The van der Waals surface area contributed by atoms with Gasteiger partial charge >= 0.3 is 0 Å². The van der Waals surface area contributed by atoms with Crippen LogP contribution in [-0.2, 0) is 9.47 Å². The lowest BCUT2D eigenvalue weighted by Gasteiger charge is -2.13. The molecule has 4 atom stereocenters. The van der Waals surface area contributed by atoms with Crippen LogP contribution in [0.4, 0.5) is 0 Å². The van der Waals surface area contributed by atoms with E-state index in [1.807, 2.05) is 0 Å². The average molecular weight is 346 g/mol. The molecule has 26 heavy (non-hydrogen) atoms. The SMILES string of the molecule is Cc1ccc(C=C[C@@H]2CO[C@H]3[C@@H]2OC[C@@H]3C=Cc2ccc(C)cc2)cc1. The molecular formula is C24H26O2. The van der Waals surface area contributed by atoms with E-state index in [1.54, 1.807) is 0 Å². The van der Waals surface area contributed by atoms with Gasteiger partial charge in [0, 0.05) is 11.8 Å². The Morgan fingerprint density at radius 3 is 1.42 bits per heavy atom. The summed E-state index contributed by atoms with van der Waals surface area (Å²) in [5, 5.41) is 0. The van der Waals surface area contributed by atoms with Crippen molar-refractivity contribution < 1.29 is 9.47 Å². The van der Waals surface area contributed by atoms with Crippen LogP contribution in [0.15, 0.2) is 60.7 Å². The van der Waals surface area contributed by atoms with Gasteiger partial charge in [-0.1, -0.05) is 84.0 Å². The van der Waals surface area contributed by atoms with Crippen molar-refractivity contribution >= 4 is 12.2 Å². The largest absolute Gasteiger partial charge is 0.374 e. The van der Waals surface area contributed by atoms with Crippen molar-refractivity contribution in [3.8, 4) is 0 Å². The topological polar surface area (TPSA) is 18.5 Å². The zero-order valence-corrected chi connectivity index (χ0v) is 15.5. The highest BCUT2D eigenvalue weighted by Gasteiger charge is 2.45. The van der Waals surface area contributed by atoms with Crippen molar-refractivity contribution in [3.05, 3.63) is 82.9 Å². The van der Waals surface area contributed by atoms with Crippen LogP contribution >= 0.6 is 0 Å². The second kappa shape index (κ2) is 7.61. The van der Waals surface area contributed by atoms with E-state index in [0.29, 0.717) is 11.8 Å². The fourth-order valence-electron chi connectivity index (χ4n) is 3.71. The lowest BCUT2D eigenvalue weighted by atomic mass is 9.94. The monoisotopic (exact) mass is 346 g/mol. The first kappa shape index (κ1) is 17.3. The summed E-state index contributed by atoms with van der Waals surface area (Å²) in [6.45, 7) is 5.71. The van der Waals surface area contributed by atoms with Crippen LogP contribution in [0.5, 0.6) is 0 Å². The minimum Gasteiger partial charge on any atom is -0.374 e. The van der Waals surface area contributed by atoms with Crippen molar-refractivity contribution in [2.75, 3.05) is 13.2 Å². The van der Waals surface area contributed by atoms with Gasteiger partial charge in [0.05, 0.1) is 25.4 Å². The first-order valence-corrected chi connectivity index (χ1v) is 9.42. The molecule has 0 aromatic heterocycles. The summed E-state index contributed by atoms with van der Waals surface area (Å²) >= 11 is 0. The Bertz CT molecular complexity index is 716. The highest BCUT2D eigenvalue weighted by Crippen LogP contribution is 2.36. The Balaban J connectivity index is 1.39. The summed E-state index contributed by atoms with van der Waals surface area (Å²) in [5.74, 6) is 0.665. The molecule has 2 heteroatoms. The van der Waals surface area contributed by atoms with Crippen molar-refractivity contribution in [2.45, 2.75) is 26.1 Å². The maximum Gasteiger partial charge on any atom is 0.0928 e. The van der Waals surface area contributed by atoms with Crippen LogP contribution in [0.3, 0.4) is 0 Å². The highest BCUT2D eigenvalue weighted by atomic mass is 16.6. The molecule has 0 bridgehead atoms. The van der Waals surface area contributed by atoms with Gasteiger partial charge in [-0.25, -0.2) is 0 Å². The van der Waals surface area contributed by atoms with E-state index < -0.39 is 0 Å². The van der Waals surface area contributed by atoms with Crippen LogP contribution < -0.4 is 0 Å². The van der Waals surface area contributed by atoms with E-state index in [0.717, 1.165) is 13.2 Å². The molecule has 2 aromatic carbocycles. The molecule has 2 heterocycles. The lowest BCUT2D eigenvalue weighted by molar-refractivity contribution is 0.0658. The van der Waals surface area contributed by atoms with Gasteiger partial charge < -0.3 is 9.47 Å². The summed E-state index contributed by atoms with van der Waals surface area (Å²) in [4.78, 5) is 0. The van der Waals surface area contributed by atoms with E-state index in [2.05, 4.69) is 86.7 Å². The van der Waals surface area contributed by atoms with Gasteiger partial charge in [0.25, 0.3) is 0 Å². The summed E-state index contributed by atoms with van der Waals surface area (Å²) < 4.78 is 12.2. The van der Waals surface area contributed by atoms with Crippen LogP contribution in [0.25, 0.3) is 12.2 Å². The quantitative estimate of drug-likeness (QED) is 0.770. The summed E-state index contributed by atoms with van der Waals surface area (Å²) in [7, 11) is 0. The van der Waals surface area contributed by atoms with Gasteiger partial charge in [0.2, 0.25) is 0 Å². The Kier molecular flexibility index (Phi) is 5.05. The Morgan fingerprint density at radius 2 is 1.04 bits per heavy atom. The molecule has 2 aromatic rings. The van der Waals surface area contributed by atoms with Gasteiger partial charge in [0.15, 0.2) is 0 Å². The number of hydrogen-bond acceptors (Lipinski definition) is 2. The van der Waals surface area contributed by atoms with Crippen LogP contribution in [-0.4, -0.2) is 25.4 Å². The molecule has 0 amide bonds. The van der Waals surface area contributed by atoms with Gasteiger partial charge in [0.1, 0.15) is 0 Å². The van der Waals surface area contributed by atoms with Gasteiger partial charge in [-0.15, -0.1) is 0 Å². The Hall–Kier alpha value is -2.16. The molecule has 0 unspecified atom stereocenters. The van der Waals surface area contributed by atoms with E-state index in [4.69, 9.17) is 9.47 Å². The lowest BCUT2D eigenvalue weighted by Crippen LogP contribution is -2.24. The highest BCUT2D eigenvalue weighted by molar-refractivity contribution is 5.51. The van der Waals surface area contributed by atoms with Crippen LogP contribution in [0.2, 0.25) is 0 Å². The first-order chi connectivity index (χ1) is 12.7. The molecule has 2 fully saturated rings. The minimum atomic E-state index is 0.171. The molecule has 2 aliphatic rings. The standard InChI is InChI=1S/C24H26O2/c1-17-3-7-19(8-4-17)11-13-21-15-25-24-22(16-26-23(21)24)14-12-20-9-5-18(2)6-10-20/h3-14,21-24H,15-16H2,1-2H3/t21-,22+,23-,24-/m1/s1. The zero-order chi connectivity index (χ0) is 17.9. The fourth-order valence-corrected chi connectivity index (χ4v) is 3.71. The second-order valence-corrected chi connectivity index (χ2v) is 7.46. The number of fused-ring (bicyclic) bond motifs is 1. The van der Waals surface area contributed by atoms with E-state index in [1.165, 1.54) is 22.3 Å². The van der Waals surface area contributed by atoms with E-state index in [9.17, 15) is 0 Å². The molecule has 0 N–H and O–H groups in total. The number of benzene rings is 2. The molecule has 0 saturated carbocycles. The molecule has 2 nitrogen and oxygen atoms in total. The minimum absolute atomic E-state index is 0.171. The Labute approximate surface area is 156 Å². The predicted molar refractivity (Wildman–Crippen MR) is 107 cm³/mol. The molecule has 0 radical (unpaired) electrons. The molecule has 2 saturated heterocycles. The number of ether oxygens (including phenoxy) is 2. The maximum absolute atomic E-state index is 6.09. The fraction of sp³-hybridized carbons (Fsp3) is 0.333. The average Bonchev–Trinajstić information content (AvgIpc) is 3.23. The van der Waals surface area contributed by atoms with Crippen molar-refractivity contribution in [1.29, 1.82) is 0 Å². The summed E-state index contributed by atoms with van der Waals surface area (Å²) in [5.41, 5.74) is 5.03. The van der Waals surface area contributed by atoms with E-state index >= 15 is 0 Å². The Morgan fingerprint density at radius 1 is 0.654 bits per heavy atom. The van der Waals surface area contributed by atoms with Crippen molar-refractivity contribution in [1.82, 2.24) is 0 Å². The van der Waals surface area contributed by atoms with Crippen molar-refractivity contribution in [2.24, 2.45) is 11.8 Å². The van der Waals surface area contributed by atoms with Crippen LogP contribution in [0, 0.1) is 25.7 Å². The van der Waals surface area contributed by atoms with Gasteiger partial charge in [-0.05, 0) is 25.0 Å². The maximum atomic E-state index is 6.09. The molecule has 134 valence electrons. The second-order valence-electron chi connectivity index (χ2n) is 7.46. The van der Waals surface area contributed by atoms with Gasteiger partial charge in [-0.2, -0.15) is 0 Å². The molecule has 4 rings (SSSR count). The third kappa shape index (κ3) is 3.82. The normalized spacial score (nSPS) is 28.2. The zero-order valence-electron chi connectivity index (χ0n) is 15.5. The predicted octanol–water partition coefficient (Wildman–Crippen LogP) is 5.06. The third-order valence-corrected chi connectivity index (χ3v) is 5.36. The number of aryl methyl sites for hydroxylation is 2. The van der Waals surface area contributed by atoms with Crippen molar-refractivity contribution in [3.63, 3.8) is 0 Å². The van der Waals surface area contributed by atoms with Crippen LogP contribution in [0.1, 0.15) is 22.3 Å². The summed E-state index contributed by atoms with van der Waals surface area (Å²) in [6, 6.07) is 17.2. The number of rotatable bonds is 4. The summed E-state index contributed by atoms with van der Waals surface area (Å²) in [6.07, 6.45) is 9.22. The molecule has 2 aliphatic heterocycles. The van der Waals surface area contributed by atoms with E-state index in [-0.39, 0.29) is 12.2 Å². The van der Waals surface area contributed by atoms with Gasteiger partial charge in [-0.3, -0.25) is 0 Å². The smallest absolute Gasteiger partial charge is 0.0928 e.